The molecule has 0 aromatic heterocycles. The quantitative estimate of drug-likeness (QED) is 0.0201. The molecule has 6 heteroatoms. The summed E-state index contributed by atoms with van der Waals surface area (Å²) in [5, 5.41) is 0. The standard InChI is InChI=1S/C53H86O6/c1-4-7-10-13-16-19-21-23-24-25-26-27-28-30-31-34-37-40-43-46-52(55)58-49-50(48-57-51(54)45-42-39-36-33-18-15-12-9-6-3)59-53(56)47-44-41-38-35-32-29-22-20-17-14-11-8-5-2/h7-8,10-11,14,16-17,19-20,22-24,29,32-33,36,50H,4-6,9,12-13,15,18,21,25-28,30-31,34-35,37-49H2,1-3H3/b10-7-,11-8-,17-14-,19-16-,22-20-,24-23-,32-29-,36-33-. The second kappa shape index (κ2) is 47.0. The Bertz CT molecular complexity index is 1220. The minimum atomic E-state index is -0.809. The van der Waals surface area contributed by atoms with Crippen LogP contribution < -0.4 is 0 Å². The number of esters is 3. The summed E-state index contributed by atoms with van der Waals surface area (Å²) >= 11 is 0. The van der Waals surface area contributed by atoms with Gasteiger partial charge in [0.1, 0.15) is 13.2 Å². The average Bonchev–Trinajstić information content (AvgIpc) is 3.23. The zero-order valence-electron chi connectivity index (χ0n) is 38.0. The van der Waals surface area contributed by atoms with Crippen LogP contribution in [0.25, 0.3) is 0 Å². The topological polar surface area (TPSA) is 78.9 Å². The van der Waals surface area contributed by atoms with Gasteiger partial charge in [-0.05, 0) is 89.9 Å². The van der Waals surface area contributed by atoms with Crippen LogP contribution in [0.3, 0.4) is 0 Å². The average molecular weight is 819 g/mol. The Morgan fingerprint density at radius 1 is 0.373 bits per heavy atom. The Labute approximate surface area is 362 Å². The van der Waals surface area contributed by atoms with Crippen LogP contribution in [0.4, 0.5) is 0 Å². The summed E-state index contributed by atoms with van der Waals surface area (Å²) in [5.41, 5.74) is 0. The van der Waals surface area contributed by atoms with Crippen molar-refractivity contribution in [3.63, 3.8) is 0 Å². The van der Waals surface area contributed by atoms with Gasteiger partial charge in [0.15, 0.2) is 6.10 Å². The number of rotatable bonds is 41. The molecule has 0 radical (unpaired) electrons. The van der Waals surface area contributed by atoms with Gasteiger partial charge in [-0.2, -0.15) is 0 Å². The van der Waals surface area contributed by atoms with E-state index in [1.165, 1.54) is 70.6 Å². The molecule has 334 valence electrons. The number of hydrogen-bond acceptors (Lipinski definition) is 6. The summed E-state index contributed by atoms with van der Waals surface area (Å²) in [6, 6.07) is 0. The van der Waals surface area contributed by atoms with Crippen molar-refractivity contribution < 1.29 is 28.6 Å². The third-order valence-electron chi connectivity index (χ3n) is 9.65. The highest BCUT2D eigenvalue weighted by Crippen LogP contribution is 2.13. The molecule has 0 saturated heterocycles. The fourth-order valence-corrected chi connectivity index (χ4v) is 6.12. The van der Waals surface area contributed by atoms with Crippen LogP contribution in [-0.4, -0.2) is 37.2 Å². The second-order valence-corrected chi connectivity index (χ2v) is 15.3. The fraction of sp³-hybridized carbons (Fsp3) is 0.642. The highest BCUT2D eigenvalue weighted by molar-refractivity contribution is 5.71. The van der Waals surface area contributed by atoms with Crippen LogP contribution in [0.1, 0.15) is 201 Å². The molecule has 0 N–H and O–H groups in total. The third kappa shape index (κ3) is 45.3. The van der Waals surface area contributed by atoms with Crippen molar-refractivity contribution in [1.29, 1.82) is 0 Å². The van der Waals surface area contributed by atoms with Crippen LogP contribution in [0.15, 0.2) is 97.2 Å². The zero-order chi connectivity index (χ0) is 43.0. The zero-order valence-corrected chi connectivity index (χ0v) is 38.0. The first-order valence-corrected chi connectivity index (χ1v) is 23.8. The van der Waals surface area contributed by atoms with Crippen LogP contribution in [-0.2, 0) is 28.6 Å². The smallest absolute Gasteiger partial charge is 0.306 e. The molecule has 0 spiro atoms. The van der Waals surface area contributed by atoms with Crippen molar-refractivity contribution in [3.05, 3.63) is 97.2 Å². The van der Waals surface area contributed by atoms with E-state index in [9.17, 15) is 14.4 Å². The number of allylic oxidation sites excluding steroid dienone is 16. The van der Waals surface area contributed by atoms with Crippen molar-refractivity contribution in [2.45, 2.75) is 207 Å². The Kier molecular flexibility index (Phi) is 44.1. The summed E-state index contributed by atoms with van der Waals surface area (Å²) in [7, 11) is 0. The van der Waals surface area contributed by atoms with Gasteiger partial charge >= 0.3 is 17.9 Å². The molecule has 0 bridgehead atoms. The van der Waals surface area contributed by atoms with Crippen molar-refractivity contribution >= 4 is 17.9 Å². The first kappa shape index (κ1) is 55.3. The van der Waals surface area contributed by atoms with Gasteiger partial charge in [-0.25, -0.2) is 0 Å². The normalized spacial score (nSPS) is 12.9. The molecule has 0 aliphatic rings. The van der Waals surface area contributed by atoms with Crippen LogP contribution in [0.2, 0.25) is 0 Å². The highest BCUT2D eigenvalue weighted by atomic mass is 16.6. The number of carbonyl (C=O) groups excluding carboxylic acids is 3. The maximum Gasteiger partial charge on any atom is 0.306 e. The van der Waals surface area contributed by atoms with E-state index in [4.69, 9.17) is 14.2 Å². The molecule has 1 unspecified atom stereocenters. The summed E-state index contributed by atoms with van der Waals surface area (Å²) in [6.07, 6.45) is 61.2. The molecule has 0 amide bonds. The molecular weight excluding hydrogens is 733 g/mol. The maximum absolute atomic E-state index is 12.7. The molecule has 0 aromatic rings. The molecule has 0 heterocycles. The Balaban J connectivity index is 4.40. The SMILES string of the molecule is CC\C=C/C=C\C=C/C=C\CCCCCC(=O)OC(COC(=O)CCC/C=C\CCCCCC)COC(=O)CCCCCCCCCCC/C=C\C/C=C\C/C=C\CC. The summed E-state index contributed by atoms with van der Waals surface area (Å²) in [6.45, 7) is 6.27. The second-order valence-electron chi connectivity index (χ2n) is 15.3. The number of carbonyl (C=O) groups is 3. The van der Waals surface area contributed by atoms with E-state index < -0.39 is 6.10 Å². The van der Waals surface area contributed by atoms with E-state index in [2.05, 4.69) is 81.5 Å². The van der Waals surface area contributed by atoms with Crippen LogP contribution in [0, 0.1) is 0 Å². The van der Waals surface area contributed by atoms with Gasteiger partial charge in [-0.1, -0.05) is 189 Å². The maximum atomic E-state index is 12.7. The van der Waals surface area contributed by atoms with Gasteiger partial charge in [0, 0.05) is 19.3 Å². The molecule has 0 rings (SSSR count). The molecular formula is C53H86O6. The minimum Gasteiger partial charge on any atom is -0.462 e. The lowest BCUT2D eigenvalue weighted by molar-refractivity contribution is -0.167. The molecule has 6 nitrogen and oxygen atoms in total. The van der Waals surface area contributed by atoms with Gasteiger partial charge in [0.25, 0.3) is 0 Å². The predicted octanol–water partition coefficient (Wildman–Crippen LogP) is 15.4. The van der Waals surface area contributed by atoms with Crippen molar-refractivity contribution in [2.75, 3.05) is 13.2 Å². The number of unbranched alkanes of at least 4 members (excludes halogenated alkanes) is 17. The molecule has 0 aliphatic heterocycles. The van der Waals surface area contributed by atoms with E-state index >= 15 is 0 Å². The van der Waals surface area contributed by atoms with Gasteiger partial charge in [-0.15, -0.1) is 0 Å². The van der Waals surface area contributed by atoms with E-state index in [0.717, 1.165) is 77.0 Å². The fourth-order valence-electron chi connectivity index (χ4n) is 6.12. The van der Waals surface area contributed by atoms with Crippen molar-refractivity contribution in [1.82, 2.24) is 0 Å². The van der Waals surface area contributed by atoms with E-state index in [1.807, 2.05) is 36.5 Å². The molecule has 0 aliphatic carbocycles. The van der Waals surface area contributed by atoms with Crippen LogP contribution >= 0.6 is 0 Å². The third-order valence-corrected chi connectivity index (χ3v) is 9.65. The number of hydrogen-bond donors (Lipinski definition) is 0. The summed E-state index contributed by atoms with van der Waals surface area (Å²) in [4.78, 5) is 37.7. The van der Waals surface area contributed by atoms with E-state index in [1.54, 1.807) is 0 Å². The highest BCUT2D eigenvalue weighted by Gasteiger charge is 2.19. The van der Waals surface area contributed by atoms with Gasteiger partial charge in [0.05, 0.1) is 0 Å². The summed E-state index contributed by atoms with van der Waals surface area (Å²) < 4.78 is 16.6. The van der Waals surface area contributed by atoms with Crippen molar-refractivity contribution in [2.24, 2.45) is 0 Å². The van der Waals surface area contributed by atoms with Gasteiger partial charge in [-0.3, -0.25) is 14.4 Å². The first-order chi connectivity index (χ1) is 29.0. The lowest BCUT2D eigenvalue weighted by atomic mass is 10.1. The molecule has 0 saturated carbocycles. The lowest BCUT2D eigenvalue weighted by Crippen LogP contribution is -2.30. The Morgan fingerprint density at radius 3 is 1.34 bits per heavy atom. The predicted molar refractivity (Wildman–Crippen MR) is 251 cm³/mol. The monoisotopic (exact) mass is 819 g/mol. The van der Waals surface area contributed by atoms with E-state index in [-0.39, 0.29) is 37.5 Å². The molecule has 0 aromatic carbocycles. The van der Waals surface area contributed by atoms with Crippen molar-refractivity contribution in [3.8, 4) is 0 Å². The van der Waals surface area contributed by atoms with Gasteiger partial charge < -0.3 is 14.2 Å². The first-order valence-electron chi connectivity index (χ1n) is 23.8. The minimum absolute atomic E-state index is 0.106. The Hall–Kier alpha value is -3.67. The summed E-state index contributed by atoms with van der Waals surface area (Å²) in [5.74, 6) is -0.997. The molecule has 59 heavy (non-hydrogen) atoms. The van der Waals surface area contributed by atoms with Gasteiger partial charge in [0.2, 0.25) is 0 Å². The Morgan fingerprint density at radius 2 is 0.763 bits per heavy atom. The largest absolute Gasteiger partial charge is 0.462 e. The van der Waals surface area contributed by atoms with E-state index in [0.29, 0.717) is 25.7 Å². The lowest BCUT2D eigenvalue weighted by Gasteiger charge is -2.18. The molecule has 1 atom stereocenters. The molecule has 0 fully saturated rings. The number of ether oxygens (including phenoxy) is 3. The van der Waals surface area contributed by atoms with Crippen LogP contribution in [0.5, 0.6) is 0 Å².